The second-order valence-electron chi connectivity index (χ2n) is 12.0. The number of cyclic esters (lactones) is 1. The van der Waals surface area contributed by atoms with Gasteiger partial charge < -0.3 is 23.9 Å². The van der Waals surface area contributed by atoms with Crippen LogP contribution in [-0.4, -0.2) is 48.1 Å². The Labute approximate surface area is 246 Å². The first-order chi connectivity index (χ1) is 20.2. The number of rotatable bonds is 11. The number of esters is 1. The van der Waals surface area contributed by atoms with E-state index in [9.17, 15) is 19.5 Å². The molecule has 224 valence electrons. The molecule has 10 heteroatoms. The topological polar surface area (TPSA) is 117 Å². The number of nitrogens with zero attached hydrogens (tertiary/aromatic N) is 2. The van der Waals surface area contributed by atoms with Gasteiger partial charge in [-0.25, -0.2) is 14.6 Å². The van der Waals surface area contributed by atoms with Crippen molar-refractivity contribution in [3.05, 3.63) is 62.9 Å². The van der Waals surface area contributed by atoms with Crippen molar-refractivity contribution in [3.63, 3.8) is 0 Å². The lowest BCUT2D eigenvalue weighted by molar-refractivity contribution is -0.175. The predicted molar refractivity (Wildman–Crippen MR) is 162 cm³/mol. The van der Waals surface area contributed by atoms with E-state index in [1.165, 1.54) is 5.56 Å². The molecule has 9 nitrogen and oxygen atoms in total. The molecule has 0 spiro atoms. The maximum Gasteiger partial charge on any atom is 0.509 e. The van der Waals surface area contributed by atoms with Crippen LogP contribution < -0.4 is 5.56 Å². The summed E-state index contributed by atoms with van der Waals surface area (Å²) in [7, 11) is -1.56. The highest BCUT2D eigenvalue weighted by molar-refractivity contribution is 6.77. The molecule has 0 unspecified atom stereocenters. The van der Waals surface area contributed by atoms with Gasteiger partial charge in [0.2, 0.25) is 5.60 Å². The zero-order valence-electron chi connectivity index (χ0n) is 25.0. The standard InChI is InChI=1S/C32H40N2O7Si/c1-5-7-15-39-31(38)41-32(6-2)25-18-27-28-23(19-34(27)29(36)24(25)20-40-30(32)37)21(13-17-42(3,4)16-10-14-35)22-11-8-9-12-26(22)33-28/h8-9,11-12,18,35H,5-7,10,13-17,19-20H2,1-4H3/t32-/m0/s1. The van der Waals surface area contributed by atoms with Crippen LogP contribution in [0.5, 0.6) is 0 Å². The quantitative estimate of drug-likeness (QED) is 0.134. The molecule has 0 radical (unpaired) electrons. The molecule has 1 atom stereocenters. The Morgan fingerprint density at radius 1 is 1.14 bits per heavy atom. The molecular formula is C32H40N2O7Si. The largest absolute Gasteiger partial charge is 0.509 e. The van der Waals surface area contributed by atoms with Gasteiger partial charge in [0.05, 0.1) is 35.6 Å². The molecule has 0 fully saturated rings. The van der Waals surface area contributed by atoms with Crippen molar-refractivity contribution < 1.29 is 28.9 Å². The number of pyridine rings is 2. The molecule has 0 bridgehead atoms. The smallest absolute Gasteiger partial charge is 0.457 e. The summed E-state index contributed by atoms with van der Waals surface area (Å²) in [5, 5.41) is 10.5. The SMILES string of the molecule is CCCCOC(=O)O[C@]1(CC)C(=O)OCc2c1cc1n(c2=O)Cc2c-1nc1ccccc1c2CC[Si](C)(C)CCCO. The maximum atomic E-state index is 14.0. The van der Waals surface area contributed by atoms with Gasteiger partial charge in [-0.2, -0.15) is 0 Å². The van der Waals surface area contributed by atoms with Crippen molar-refractivity contribution in [2.45, 2.75) is 89.9 Å². The first-order valence-electron chi connectivity index (χ1n) is 15.0. The summed E-state index contributed by atoms with van der Waals surface area (Å²) in [5.41, 5.74) is 2.94. The second-order valence-corrected chi connectivity index (χ2v) is 17.4. The molecule has 3 aromatic rings. The highest BCUT2D eigenvalue weighted by atomic mass is 28.3. The van der Waals surface area contributed by atoms with Crippen molar-refractivity contribution in [2.24, 2.45) is 0 Å². The lowest BCUT2D eigenvalue weighted by Gasteiger charge is -2.35. The first kappa shape index (κ1) is 30.0. The highest BCUT2D eigenvalue weighted by Gasteiger charge is 2.51. The van der Waals surface area contributed by atoms with E-state index in [2.05, 4.69) is 19.2 Å². The molecule has 42 heavy (non-hydrogen) atoms. The molecule has 4 heterocycles. The number of aromatic nitrogens is 2. The number of aryl methyl sites for hydroxylation is 1. The third kappa shape index (κ3) is 5.38. The predicted octanol–water partition coefficient (Wildman–Crippen LogP) is 5.67. The fraction of sp³-hybridized carbons (Fsp3) is 0.500. The first-order valence-corrected chi connectivity index (χ1v) is 18.4. The van der Waals surface area contributed by atoms with E-state index in [-0.39, 0.29) is 31.8 Å². The molecule has 0 amide bonds. The van der Waals surface area contributed by atoms with Crippen LogP contribution >= 0.6 is 0 Å². The summed E-state index contributed by atoms with van der Waals surface area (Å²) in [4.78, 5) is 44.9. The fourth-order valence-corrected chi connectivity index (χ4v) is 8.47. The zero-order valence-corrected chi connectivity index (χ0v) is 26.0. The van der Waals surface area contributed by atoms with Gasteiger partial charge in [-0.1, -0.05) is 63.6 Å². The number of para-hydroxylation sites is 1. The van der Waals surface area contributed by atoms with E-state index >= 15 is 0 Å². The van der Waals surface area contributed by atoms with E-state index in [1.807, 2.05) is 25.1 Å². The van der Waals surface area contributed by atoms with E-state index in [4.69, 9.17) is 19.2 Å². The molecule has 1 N–H and O–H groups in total. The minimum absolute atomic E-state index is 0.0847. The molecule has 2 aliphatic heterocycles. The summed E-state index contributed by atoms with van der Waals surface area (Å²) in [6, 6.07) is 11.9. The average molecular weight is 593 g/mol. The molecule has 2 aliphatic rings. The van der Waals surface area contributed by atoms with Crippen LogP contribution in [0.3, 0.4) is 0 Å². The highest BCUT2D eigenvalue weighted by Crippen LogP contribution is 2.42. The number of hydrogen-bond donors (Lipinski definition) is 1. The Balaban J connectivity index is 1.61. The van der Waals surface area contributed by atoms with Crippen LogP contribution in [0.25, 0.3) is 22.3 Å². The average Bonchev–Trinajstić information content (AvgIpc) is 3.34. The number of carbonyl (C=O) groups is 2. The van der Waals surface area contributed by atoms with E-state index in [1.54, 1.807) is 17.6 Å². The molecule has 0 saturated carbocycles. The molecular weight excluding hydrogens is 552 g/mol. The van der Waals surface area contributed by atoms with Gasteiger partial charge in [0.25, 0.3) is 5.56 Å². The number of fused-ring (bicyclic) bond motifs is 5. The number of hydrogen-bond acceptors (Lipinski definition) is 8. The van der Waals surface area contributed by atoms with Crippen molar-refractivity contribution in [1.29, 1.82) is 0 Å². The van der Waals surface area contributed by atoms with Crippen molar-refractivity contribution >= 4 is 31.1 Å². The van der Waals surface area contributed by atoms with Gasteiger partial charge in [-0.05, 0) is 43.4 Å². The summed E-state index contributed by atoms with van der Waals surface area (Å²) >= 11 is 0. The lowest BCUT2D eigenvalue weighted by Crippen LogP contribution is -2.47. The fourth-order valence-electron chi connectivity index (χ4n) is 6.17. The van der Waals surface area contributed by atoms with E-state index in [0.717, 1.165) is 47.8 Å². The maximum absolute atomic E-state index is 14.0. The third-order valence-corrected chi connectivity index (χ3v) is 12.0. The molecule has 0 aliphatic carbocycles. The van der Waals surface area contributed by atoms with Gasteiger partial charge in [0.1, 0.15) is 6.61 Å². The molecule has 0 saturated heterocycles. The number of carbonyl (C=O) groups excluding carboxylic acids is 2. The molecule has 2 aromatic heterocycles. The van der Waals surface area contributed by atoms with Gasteiger partial charge >= 0.3 is 12.1 Å². The van der Waals surface area contributed by atoms with Gasteiger partial charge in [-0.3, -0.25) is 4.79 Å². The number of unbranched alkanes of at least 4 members (excludes halogenated alkanes) is 1. The lowest BCUT2D eigenvalue weighted by atomic mass is 9.85. The Morgan fingerprint density at radius 2 is 1.93 bits per heavy atom. The Kier molecular flexibility index (Phi) is 8.57. The summed E-state index contributed by atoms with van der Waals surface area (Å²) < 4.78 is 18.1. The minimum atomic E-state index is -1.78. The van der Waals surface area contributed by atoms with Crippen LogP contribution in [0, 0.1) is 0 Å². The van der Waals surface area contributed by atoms with Crippen LogP contribution in [0.4, 0.5) is 4.79 Å². The zero-order chi connectivity index (χ0) is 30.1. The second kappa shape index (κ2) is 12.0. The van der Waals surface area contributed by atoms with Crippen molar-refractivity contribution in [2.75, 3.05) is 13.2 Å². The van der Waals surface area contributed by atoms with Crippen LogP contribution in [-0.2, 0) is 44.2 Å². The number of benzene rings is 1. The normalized spacial score (nSPS) is 17.4. The number of aliphatic hydroxyl groups is 1. The summed E-state index contributed by atoms with van der Waals surface area (Å²) in [6.07, 6.45) is 2.30. The van der Waals surface area contributed by atoms with Crippen molar-refractivity contribution in [3.8, 4) is 11.4 Å². The number of ether oxygens (including phenoxy) is 3. The van der Waals surface area contributed by atoms with Crippen molar-refractivity contribution in [1.82, 2.24) is 9.55 Å². The molecule has 5 rings (SSSR count). The summed E-state index contributed by atoms with van der Waals surface area (Å²) in [5.74, 6) is -0.713. The Hall–Kier alpha value is -3.50. The van der Waals surface area contributed by atoms with Crippen LogP contribution in [0.1, 0.15) is 61.8 Å². The Morgan fingerprint density at radius 3 is 2.67 bits per heavy atom. The van der Waals surface area contributed by atoms with Gasteiger partial charge in [-0.15, -0.1) is 0 Å². The van der Waals surface area contributed by atoms with Crippen LogP contribution in [0.15, 0.2) is 35.1 Å². The minimum Gasteiger partial charge on any atom is -0.457 e. The van der Waals surface area contributed by atoms with Gasteiger partial charge in [0, 0.05) is 31.2 Å². The van der Waals surface area contributed by atoms with E-state index < -0.39 is 25.8 Å². The monoisotopic (exact) mass is 592 g/mol. The van der Waals surface area contributed by atoms with Crippen LogP contribution in [0.2, 0.25) is 25.2 Å². The number of aliphatic hydroxyl groups excluding tert-OH is 1. The third-order valence-electron chi connectivity index (χ3n) is 8.72. The van der Waals surface area contributed by atoms with E-state index in [0.29, 0.717) is 35.5 Å². The van der Waals surface area contributed by atoms with Gasteiger partial charge in [0.15, 0.2) is 0 Å². The molecule has 1 aromatic carbocycles. The summed E-state index contributed by atoms with van der Waals surface area (Å²) in [6.45, 7) is 8.98. The Bertz CT molecular complexity index is 1580.